The van der Waals surface area contributed by atoms with Gasteiger partial charge in [-0.15, -0.1) is 0 Å². The molecule has 1 saturated heterocycles. The fraction of sp³-hybridized carbons (Fsp3) is 1.00. The van der Waals surface area contributed by atoms with Crippen LogP contribution < -0.4 is 5.32 Å². The predicted octanol–water partition coefficient (Wildman–Crippen LogP) is 4.30. The normalized spacial score (nSPS) is 29.7. The average molecular weight is 295 g/mol. The van der Waals surface area contributed by atoms with E-state index in [1.165, 1.54) is 64.6 Å². The number of piperidine rings is 1. The van der Waals surface area contributed by atoms with Crippen LogP contribution >= 0.6 is 0 Å². The Morgan fingerprint density at radius 2 is 1.57 bits per heavy atom. The summed E-state index contributed by atoms with van der Waals surface area (Å²) in [5, 5.41) is 3.52. The Labute approximate surface area is 133 Å². The lowest BCUT2D eigenvalue weighted by Crippen LogP contribution is -2.45. The van der Waals surface area contributed by atoms with Crippen LogP contribution in [0.3, 0.4) is 0 Å². The second-order valence-electron chi connectivity index (χ2n) is 8.13. The highest BCUT2D eigenvalue weighted by atomic mass is 15.2. The van der Waals surface area contributed by atoms with E-state index in [-0.39, 0.29) is 0 Å². The van der Waals surface area contributed by atoms with Gasteiger partial charge in [-0.3, -0.25) is 0 Å². The van der Waals surface area contributed by atoms with Gasteiger partial charge < -0.3 is 10.2 Å². The molecule has 124 valence electrons. The maximum Gasteiger partial charge on any atom is 0.00954 e. The third-order valence-electron chi connectivity index (χ3n) is 6.56. The Morgan fingerprint density at radius 3 is 2.10 bits per heavy atom. The van der Waals surface area contributed by atoms with E-state index in [0.29, 0.717) is 5.41 Å². The first kappa shape index (κ1) is 17.3. The number of nitrogens with one attached hydrogen (secondary N) is 1. The fourth-order valence-electron chi connectivity index (χ4n) is 4.38. The van der Waals surface area contributed by atoms with Gasteiger partial charge in [-0.05, 0) is 82.0 Å². The molecular weight excluding hydrogens is 256 g/mol. The van der Waals surface area contributed by atoms with E-state index in [1.54, 1.807) is 0 Å². The highest BCUT2D eigenvalue weighted by Gasteiger charge is 2.34. The smallest absolute Gasteiger partial charge is 0.00954 e. The van der Waals surface area contributed by atoms with E-state index >= 15 is 0 Å². The molecule has 0 atom stereocenters. The lowest BCUT2D eigenvalue weighted by atomic mass is 9.68. The highest BCUT2D eigenvalue weighted by Crippen LogP contribution is 2.41. The Kier molecular flexibility index (Phi) is 6.55. The van der Waals surface area contributed by atoms with E-state index in [2.05, 4.69) is 37.9 Å². The molecule has 0 unspecified atom stereocenters. The molecule has 1 saturated carbocycles. The molecule has 1 aliphatic carbocycles. The minimum absolute atomic E-state index is 0.559. The van der Waals surface area contributed by atoms with Gasteiger partial charge in [-0.2, -0.15) is 0 Å². The lowest BCUT2D eigenvalue weighted by molar-refractivity contribution is 0.0637. The molecule has 0 spiro atoms. The van der Waals surface area contributed by atoms with E-state index in [1.807, 2.05) is 0 Å². The van der Waals surface area contributed by atoms with Gasteiger partial charge in [0.25, 0.3) is 0 Å². The second-order valence-corrected chi connectivity index (χ2v) is 8.13. The van der Waals surface area contributed by atoms with Gasteiger partial charge in [-0.1, -0.05) is 34.1 Å². The van der Waals surface area contributed by atoms with Gasteiger partial charge in [-0.25, -0.2) is 0 Å². The van der Waals surface area contributed by atoms with Gasteiger partial charge >= 0.3 is 0 Å². The number of hydrogen-bond donors (Lipinski definition) is 1. The molecule has 2 heteroatoms. The number of hydrogen-bond acceptors (Lipinski definition) is 2. The SMILES string of the molecule is CCNCC1CCN(C2CCC(C(C)(C)CC)CC2)CC1. The molecule has 21 heavy (non-hydrogen) atoms. The standard InChI is InChI=1S/C19H38N2/c1-5-19(3,4)17-7-9-18(10-8-17)21-13-11-16(12-14-21)15-20-6-2/h16-18,20H,5-15H2,1-4H3. The molecule has 2 rings (SSSR count). The molecule has 2 nitrogen and oxygen atoms in total. The summed E-state index contributed by atoms with van der Waals surface area (Å²) in [6.07, 6.45) is 9.97. The van der Waals surface area contributed by atoms with E-state index in [4.69, 9.17) is 0 Å². The van der Waals surface area contributed by atoms with Crippen LogP contribution in [0.1, 0.15) is 72.6 Å². The van der Waals surface area contributed by atoms with Crippen molar-refractivity contribution in [2.24, 2.45) is 17.3 Å². The maximum absolute atomic E-state index is 3.52. The van der Waals surface area contributed by atoms with Gasteiger partial charge in [0.2, 0.25) is 0 Å². The lowest BCUT2D eigenvalue weighted by Gasteiger charge is -2.44. The Hall–Kier alpha value is -0.0800. The summed E-state index contributed by atoms with van der Waals surface area (Å²) >= 11 is 0. The summed E-state index contributed by atoms with van der Waals surface area (Å²) in [4.78, 5) is 2.82. The van der Waals surface area contributed by atoms with Crippen molar-refractivity contribution in [1.29, 1.82) is 0 Å². The van der Waals surface area contributed by atoms with Crippen LogP contribution in [0.5, 0.6) is 0 Å². The fourth-order valence-corrected chi connectivity index (χ4v) is 4.38. The van der Waals surface area contributed by atoms with E-state index < -0.39 is 0 Å². The molecule has 2 aliphatic rings. The summed E-state index contributed by atoms with van der Waals surface area (Å²) in [5.74, 6) is 1.89. The summed E-state index contributed by atoms with van der Waals surface area (Å²) in [6, 6.07) is 0.897. The largest absolute Gasteiger partial charge is 0.317 e. The summed E-state index contributed by atoms with van der Waals surface area (Å²) in [7, 11) is 0. The van der Waals surface area contributed by atoms with Gasteiger partial charge in [0, 0.05) is 6.04 Å². The van der Waals surface area contributed by atoms with E-state index in [0.717, 1.165) is 24.4 Å². The molecule has 0 aromatic carbocycles. The molecule has 0 aromatic rings. The van der Waals surface area contributed by atoms with Gasteiger partial charge in [0.15, 0.2) is 0 Å². The molecule has 1 heterocycles. The van der Waals surface area contributed by atoms with Crippen molar-refractivity contribution >= 4 is 0 Å². The number of rotatable bonds is 6. The Bertz CT molecular complexity index is 284. The van der Waals surface area contributed by atoms with E-state index in [9.17, 15) is 0 Å². The van der Waals surface area contributed by atoms with Crippen LogP contribution in [-0.2, 0) is 0 Å². The Balaban J connectivity index is 1.72. The zero-order valence-electron chi connectivity index (χ0n) is 15.0. The number of nitrogens with zero attached hydrogens (tertiary/aromatic N) is 1. The van der Waals surface area contributed by atoms with Crippen LogP contribution in [0, 0.1) is 17.3 Å². The molecule has 0 bridgehead atoms. The third-order valence-corrected chi connectivity index (χ3v) is 6.56. The van der Waals surface area contributed by atoms with Crippen molar-refractivity contribution in [2.75, 3.05) is 26.2 Å². The predicted molar refractivity (Wildman–Crippen MR) is 92.7 cm³/mol. The van der Waals surface area contributed by atoms with Crippen LogP contribution in [-0.4, -0.2) is 37.1 Å². The second kappa shape index (κ2) is 7.97. The van der Waals surface area contributed by atoms with Crippen molar-refractivity contribution in [2.45, 2.75) is 78.7 Å². The highest BCUT2D eigenvalue weighted by molar-refractivity contribution is 4.87. The van der Waals surface area contributed by atoms with Crippen molar-refractivity contribution in [1.82, 2.24) is 10.2 Å². The number of likely N-dealkylation sites (tertiary alicyclic amines) is 1. The molecular formula is C19H38N2. The molecule has 1 N–H and O–H groups in total. The molecule has 0 radical (unpaired) electrons. The van der Waals surface area contributed by atoms with Crippen LogP contribution in [0.2, 0.25) is 0 Å². The van der Waals surface area contributed by atoms with Crippen molar-refractivity contribution in [3.05, 3.63) is 0 Å². The van der Waals surface area contributed by atoms with Crippen LogP contribution in [0.25, 0.3) is 0 Å². The van der Waals surface area contributed by atoms with Crippen LogP contribution in [0.4, 0.5) is 0 Å². The molecule has 1 aliphatic heterocycles. The quantitative estimate of drug-likeness (QED) is 0.785. The first-order valence-corrected chi connectivity index (χ1v) is 9.51. The Morgan fingerprint density at radius 1 is 0.952 bits per heavy atom. The third kappa shape index (κ3) is 4.69. The zero-order chi connectivity index (χ0) is 15.3. The molecule has 0 amide bonds. The van der Waals surface area contributed by atoms with Crippen molar-refractivity contribution in [3.8, 4) is 0 Å². The van der Waals surface area contributed by atoms with Gasteiger partial charge in [0.05, 0.1) is 0 Å². The minimum Gasteiger partial charge on any atom is -0.317 e. The first-order valence-electron chi connectivity index (χ1n) is 9.51. The maximum atomic E-state index is 3.52. The van der Waals surface area contributed by atoms with Crippen molar-refractivity contribution < 1.29 is 0 Å². The van der Waals surface area contributed by atoms with Gasteiger partial charge in [0.1, 0.15) is 0 Å². The molecule has 2 fully saturated rings. The zero-order valence-corrected chi connectivity index (χ0v) is 15.0. The minimum atomic E-state index is 0.559. The van der Waals surface area contributed by atoms with Crippen LogP contribution in [0.15, 0.2) is 0 Å². The summed E-state index contributed by atoms with van der Waals surface area (Å²) in [5.41, 5.74) is 0.559. The summed E-state index contributed by atoms with van der Waals surface area (Å²) < 4.78 is 0. The monoisotopic (exact) mass is 294 g/mol. The van der Waals surface area contributed by atoms with Crippen molar-refractivity contribution in [3.63, 3.8) is 0 Å². The molecule has 0 aromatic heterocycles. The first-order chi connectivity index (χ1) is 10.1. The topological polar surface area (TPSA) is 15.3 Å². The average Bonchev–Trinajstić information content (AvgIpc) is 2.53. The summed E-state index contributed by atoms with van der Waals surface area (Å²) in [6.45, 7) is 14.6.